The number of benzene rings is 3. The summed E-state index contributed by atoms with van der Waals surface area (Å²) in [6.07, 6.45) is 5.55. The van der Waals surface area contributed by atoms with Crippen LogP contribution in [0, 0.1) is 11.3 Å². The zero-order chi connectivity index (χ0) is 38.2. The second kappa shape index (κ2) is 17.7. The van der Waals surface area contributed by atoms with Crippen LogP contribution in [0.15, 0.2) is 108 Å². The number of rotatable bonds is 17. The molecule has 4 atom stereocenters. The van der Waals surface area contributed by atoms with Gasteiger partial charge < -0.3 is 32.4 Å². The van der Waals surface area contributed by atoms with Crippen LogP contribution < -0.4 is 15.0 Å². The van der Waals surface area contributed by atoms with Gasteiger partial charge in [0.15, 0.2) is 0 Å². The zero-order valence-corrected chi connectivity index (χ0v) is 32.5. The Morgan fingerprint density at radius 1 is 0.907 bits per heavy atom. The number of nitriles is 1. The average molecular weight is 754 g/mol. The lowest BCUT2D eigenvalue weighted by atomic mass is 9.80. The summed E-state index contributed by atoms with van der Waals surface area (Å²) < 4.78 is 43.8. The van der Waals surface area contributed by atoms with E-state index in [1.54, 1.807) is 48.0 Å². The van der Waals surface area contributed by atoms with Gasteiger partial charge in [-0.2, -0.15) is 5.26 Å². The van der Waals surface area contributed by atoms with Crippen LogP contribution >= 0.6 is 8.53 Å². The van der Waals surface area contributed by atoms with Crippen molar-refractivity contribution in [2.24, 2.45) is 0 Å². The predicted octanol–water partition coefficient (Wildman–Crippen LogP) is 7.47. The summed E-state index contributed by atoms with van der Waals surface area (Å²) >= 11 is 0. The van der Waals surface area contributed by atoms with Crippen LogP contribution in [0.5, 0.6) is 11.5 Å². The van der Waals surface area contributed by atoms with Crippen LogP contribution in [-0.4, -0.2) is 70.3 Å². The highest BCUT2D eigenvalue weighted by Crippen LogP contribution is 2.50. The van der Waals surface area contributed by atoms with Crippen LogP contribution in [0.4, 0.5) is 0 Å². The monoisotopic (exact) mass is 753 g/mol. The molecule has 6 rings (SSSR count). The van der Waals surface area contributed by atoms with E-state index < -0.39 is 32.6 Å². The lowest BCUT2D eigenvalue weighted by Crippen LogP contribution is -2.39. The molecule has 284 valence electrons. The van der Waals surface area contributed by atoms with Gasteiger partial charge in [-0.3, -0.25) is 9.36 Å². The van der Waals surface area contributed by atoms with E-state index in [1.807, 2.05) is 78.9 Å². The molecule has 3 aromatic carbocycles. The molecule has 1 aliphatic heterocycles. The molecule has 0 saturated carbocycles. The molecule has 3 heterocycles. The Hall–Kier alpha value is -4.60. The molecule has 2 aromatic heterocycles. The number of fused-ring (bicyclic) bond motifs is 1. The molecule has 0 N–H and O–H groups in total. The van der Waals surface area contributed by atoms with Crippen molar-refractivity contribution < 1.29 is 28.0 Å². The average Bonchev–Trinajstić information content (AvgIpc) is 3.83. The number of methoxy groups -OCH3 is 2. The molecular formula is C41H48N5O7P. The SMILES string of the molecule is COc1ccc(C(OC[C@H]2O[C@H](n3ccn4ccnc4c3=O)C[C@@H]2OP(OCCC#N)N(C(C)C)C(C)C)(c2ccccc2)c2ccc(OC)cc2)cc1. The van der Waals surface area contributed by atoms with Crippen molar-refractivity contribution in [1.82, 2.24) is 18.6 Å². The van der Waals surface area contributed by atoms with Crippen molar-refractivity contribution >= 4 is 14.2 Å². The summed E-state index contributed by atoms with van der Waals surface area (Å²) in [5, 5.41) is 9.33. The summed E-state index contributed by atoms with van der Waals surface area (Å²) in [6, 6.07) is 28.1. The molecule has 54 heavy (non-hydrogen) atoms. The highest BCUT2D eigenvalue weighted by Gasteiger charge is 2.45. The fraction of sp³-hybridized carbons (Fsp3) is 0.390. The van der Waals surface area contributed by atoms with Crippen LogP contribution in [0.2, 0.25) is 0 Å². The molecule has 0 amide bonds. The van der Waals surface area contributed by atoms with E-state index in [-0.39, 0.29) is 37.3 Å². The third-order valence-corrected chi connectivity index (χ3v) is 11.7. The van der Waals surface area contributed by atoms with Gasteiger partial charge in [0.2, 0.25) is 5.65 Å². The van der Waals surface area contributed by atoms with Crippen molar-refractivity contribution in [2.75, 3.05) is 27.4 Å². The lowest BCUT2D eigenvalue weighted by Gasteiger charge is -2.39. The zero-order valence-electron chi connectivity index (χ0n) is 31.6. The van der Waals surface area contributed by atoms with Gasteiger partial charge in [0.1, 0.15) is 29.4 Å². The van der Waals surface area contributed by atoms with Crippen molar-refractivity contribution in [2.45, 2.75) is 76.7 Å². The first kappa shape index (κ1) is 39.1. The Morgan fingerprint density at radius 3 is 2.09 bits per heavy atom. The second-order valence-electron chi connectivity index (χ2n) is 13.5. The molecule has 12 nitrogen and oxygen atoms in total. The smallest absolute Gasteiger partial charge is 0.296 e. The molecule has 13 heteroatoms. The highest BCUT2D eigenvalue weighted by molar-refractivity contribution is 7.44. The van der Waals surface area contributed by atoms with Crippen molar-refractivity contribution in [1.29, 1.82) is 5.26 Å². The van der Waals surface area contributed by atoms with Crippen LogP contribution in [0.25, 0.3) is 5.65 Å². The maximum absolute atomic E-state index is 13.7. The van der Waals surface area contributed by atoms with Gasteiger partial charge in [0, 0.05) is 43.3 Å². The van der Waals surface area contributed by atoms with E-state index in [2.05, 4.69) is 43.4 Å². The van der Waals surface area contributed by atoms with E-state index in [9.17, 15) is 10.1 Å². The Morgan fingerprint density at radius 2 is 1.52 bits per heavy atom. The summed E-state index contributed by atoms with van der Waals surface area (Å²) in [5.74, 6) is 1.44. The molecule has 1 aliphatic rings. The summed E-state index contributed by atoms with van der Waals surface area (Å²) in [7, 11) is 1.65. The minimum atomic E-state index is -1.64. The van der Waals surface area contributed by atoms with E-state index in [1.165, 1.54) is 0 Å². The summed E-state index contributed by atoms with van der Waals surface area (Å²) in [5.41, 5.74) is 1.57. The topological polar surface area (TPSA) is 122 Å². The first-order valence-corrected chi connectivity index (χ1v) is 19.3. The van der Waals surface area contributed by atoms with E-state index in [0.29, 0.717) is 12.1 Å². The molecule has 0 bridgehead atoms. The molecule has 0 radical (unpaired) electrons. The van der Waals surface area contributed by atoms with E-state index in [4.69, 9.17) is 28.0 Å². The fourth-order valence-corrected chi connectivity index (χ4v) is 8.73. The maximum Gasteiger partial charge on any atom is 0.296 e. The first-order chi connectivity index (χ1) is 26.2. The minimum absolute atomic E-state index is 0.0826. The number of ether oxygens (including phenoxy) is 4. The third-order valence-electron chi connectivity index (χ3n) is 9.50. The standard InChI is InChI=1S/C41H48N5O7P/c1-29(2)46(30(3)4)54(51-26-10-21-42)53-36-27-38(45-25-24-44-23-22-43-39(44)40(45)47)52-37(36)28-50-41(31-11-8-7-9-12-31,32-13-17-34(48-5)18-14-32)33-15-19-35(49-6)20-16-33/h7-9,11-20,22-25,29-30,36-38H,10,26-28H2,1-6H3/t36-,37+,38-,54?/m0/s1. The summed E-state index contributed by atoms with van der Waals surface area (Å²) in [6.45, 7) is 8.68. The largest absolute Gasteiger partial charge is 0.497 e. The Balaban J connectivity index is 1.43. The molecule has 1 saturated heterocycles. The quantitative estimate of drug-likeness (QED) is 0.0537. The minimum Gasteiger partial charge on any atom is -0.497 e. The van der Waals surface area contributed by atoms with Gasteiger partial charge in [-0.1, -0.05) is 54.6 Å². The molecule has 1 unspecified atom stereocenters. The number of hydrogen-bond acceptors (Lipinski definition) is 10. The third kappa shape index (κ3) is 8.22. The molecular weight excluding hydrogens is 705 g/mol. The van der Waals surface area contributed by atoms with Gasteiger partial charge in [-0.25, -0.2) is 9.65 Å². The van der Waals surface area contributed by atoms with Crippen molar-refractivity contribution in [3.63, 3.8) is 0 Å². The van der Waals surface area contributed by atoms with Crippen LogP contribution in [0.3, 0.4) is 0 Å². The van der Waals surface area contributed by atoms with E-state index >= 15 is 0 Å². The maximum atomic E-state index is 13.7. The van der Waals surface area contributed by atoms with Crippen LogP contribution in [0.1, 0.15) is 63.5 Å². The van der Waals surface area contributed by atoms with Gasteiger partial charge in [-0.05, 0) is 68.7 Å². The Bertz CT molecular complexity index is 1990. The number of aromatic nitrogens is 3. The first-order valence-electron chi connectivity index (χ1n) is 18.1. The van der Waals surface area contributed by atoms with Crippen molar-refractivity contribution in [3.05, 3.63) is 131 Å². The number of nitrogens with zero attached hydrogens (tertiary/aromatic N) is 5. The van der Waals surface area contributed by atoms with Gasteiger partial charge in [-0.15, -0.1) is 0 Å². The van der Waals surface area contributed by atoms with Crippen molar-refractivity contribution in [3.8, 4) is 17.6 Å². The number of hydrogen-bond donors (Lipinski definition) is 0. The fourth-order valence-electron chi connectivity index (χ4n) is 6.98. The molecule has 1 fully saturated rings. The van der Waals surface area contributed by atoms with Gasteiger partial charge in [0.05, 0.1) is 46.0 Å². The van der Waals surface area contributed by atoms with Gasteiger partial charge >= 0.3 is 0 Å². The normalized spacial score (nSPS) is 18.0. The van der Waals surface area contributed by atoms with Gasteiger partial charge in [0.25, 0.3) is 14.1 Å². The lowest BCUT2D eigenvalue weighted by molar-refractivity contribution is -0.0923. The van der Waals surface area contributed by atoms with E-state index in [0.717, 1.165) is 28.2 Å². The summed E-state index contributed by atoms with van der Waals surface area (Å²) in [4.78, 5) is 18.0. The molecule has 0 aliphatic carbocycles. The second-order valence-corrected chi connectivity index (χ2v) is 14.9. The Kier molecular flexibility index (Phi) is 12.8. The highest BCUT2D eigenvalue weighted by atomic mass is 31.2. The molecule has 0 spiro atoms. The molecule has 5 aromatic rings. The number of imidazole rings is 1. The predicted molar refractivity (Wildman–Crippen MR) is 206 cm³/mol. The Labute approximate surface area is 317 Å². The van der Waals surface area contributed by atoms with Crippen LogP contribution in [-0.2, 0) is 24.1 Å².